The van der Waals surface area contributed by atoms with Gasteiger partial charge in [0.1, 0.15) is 5.82 Å². The van der Waals surface area contributed by atoms with Gasteiger partial charge in [-0.05, 0) is 41.9 Å². The molecule has 0 fully saturated rings. The lowest BCUT2D eigenvalue weighted by Gasteiger charge is -2.06. The molecule has 5 heteroatoms. The molecule has 1 aromatic rings. The zero-order chi connectivity index (χ0) is 13.5. The van der Waals surface area contributed by atoms with E-state index in [0.29, 0.717) is 11.5 Å². The number of rotatable bonds is 6. The molecule has 0 aliphatic carbocycles. The summed E-state index contributed by atoms with van der Waals surface area (Å²) in [6.07, 6.45) is 1.15. The van der Waals surface area contributed by atoms with E-state index in [2.05, 4.69) is 19.0 Å². The maximum Gasteiger partial charge on any atom is 0.170 e. The van der Waals surface area contributed by atoms with Gasteiger partial charge in [0.05, 0.1) is 0 Å². The van der Waals surface area contributed by atoms with Crippen molar-refractivity contribution < 1.29 is 9.60 Å². The number of nitrogens with zero attached hydrogens (tertiary/aromatic N) is 1. The molecule has 0 spiro atoms. The molecule has 0 atom stereocenters. The molecule has 0 bridgehead atoms. The Morgan fingerprint density at radius 2 is 2.17 bits per heavy atom. The van der Waals surface area contributed by atoms with Gasteiger partial charge in [-0.3, -0.25) is 0 Å². The number of halogens is 1. The quantitative estimate of drug-likeness (QED) is 0.274. The van der Waals surface area contributed by atoms with Crippen molar-refractivity contribution >= 4 is 17.6 Å². The molecule has 3 nitrogen and oxygen atoms in total. The van der Waals surface area contributed by atoms with Crippen molar-refractivity contribution in [1.82, 2.24) is 0 Å². The van der Waals surface area contributed by atoms with E-state index in [0.717, 1.165) is 23.5 Å². The fraction of sp³-hybridized carbons (Fsp3) is 0.462. The van der Waals surface area contributed by atoms with Gasteiger partial charge in [0.2, 0.25) is 0 Å². The van der Waals surface area contributed by atoms with Crippen LogP contribution in [0.3, 0.4) is 0 Å². The standard InChI is InChI=1S/C13H19FN2OS/c1-9(2)3-4-18-8-10-5-11(13(15)16-17)7-12(14)6-10/h5-7,9,17H,3-4,8H2,1-2H3,(H2,15,16). The van der Waals surface area contributed by atoms with E-state index in [9.17, 15) is 4.39 Å². The van der Waals surface area contributed by atoms with Crippen LogP contribution in [0.5, 0.6) is 0 Å². The molecule has 0 saturated heterocycles. The second-order valence-electron chi connectivity index (χ2n) is 4.57. The van der Waals surface area contributed by atoms with Gasteiger partial charge in [0, 0.05) is 11.3 Å². The van der Waals surface area contributed by atoms with E-state index < -0.39 is 0 Å². The first-order valence-corrected chi connectivity index (χ1v) is 7.03. The monoisotopic (exact) mass is 270 g/mol. The van der Waals surface area contributed by atoms with E-state index in [1.807, 2.05) is 0 Å². The molecule has 3 N–H and O–H groups in total. The molecule has 0 heterocycles. The van der Waals surface area contributed by atoms with E-state index in [-0.39, 0.29) is 11.7 Å². The van der Waals surface area contributed by atoms with Crippen molar-refractivity contribution in [3.05, 3.63) is 35.1 Å². The summed E-state index contributed by atoms with van der Waals surface area (Å²) in [6.45, 7) is 4.36. The predicted octanol–water partition coefficient (Wildman–Crippen LogP) is 3.20. The Hall–Kier alpha value is -1.23. The van der Waals surface area contributed by atoms with Gasteiger partial charge >= 0.3 is 0 Å². The van der Waals surface area contributed by atoms with Crippen LogP contribution in [0.1, 0.15) is 31.4 Å². The SMILES string of the molecule is CC(C)CCSCc1cc(F)cc(/C(N)=N/O)c1. The molecule has 0 aliphatic heterocycles. The fourth-order valence-electron chi connectivity index (χ4n) is 1.45. The average molecular weight is 270 g/mol. The first-order valence-electron chi connectivity index (χ1n) is 5.88. The largest absolute Gasteiger partial charge is 0.409 e. The van der Waals surface area contributed by atoms with Gasteiger partial charge in [-0.2, -0.15) is 11.8 Å². The number of hydrogen-bond donors (Lipinski definition) is 2. The van der Waals surface area contributed by atoms with Gasteiger partial charge in [-0.1, -0.05) is 19.0 Å². The Kier molecular flexibility index (Phi) is 5.98. The van der Waals surface area contributed by atoms with Crippen LogP contribution in [0.2, 0.25) is 0 Å². The number of nitrogens with two attached hydrogens (primary N) is 1. The van der Waals surface area contributed by atoms with Crippen LogP contribution in [0.15, 0.2) is 23.4 Å². The number of hydrogen-bond acceptors (Lipinski definition) is 3. The van der Waals surface area contributed by atoms with Crippen LogP contribution < -0.4 is 5.73 Å². The van der Waals surface area contributed by atoms with Gasteiger partial charge in [-0.25, -0.2) is 4.39 Å². The van der Waals surface area contributed by atoms with E-state index in [1.165, 1.54) is 12.1 Å². The van der Waals surface area contributed by atoms with E-state index in [1.54, 1.807) is 17.8 Å². The van der Waals surface area contributed by atoms with Crippen molar-refractivity contribution in [3.63, 3.8) is 0 Å². The number of benzene rings is 1. The molecule has 1 aromatic carbocycles. The highest BCUT2D eigenvalue weighted by molar-refractivity contribution is 7.98. The van der Waals surface area contributed by atoms with Crippen molar-refractivity contribution in [1.29, 1.82) is 0 Å². The first kappa shape index (κ1) is 14.8. The van der Waals surface area contributed by atoms with E-state index >= 15 is 0 Å². The van der Waals surface area contributed by atoms with Crippen LogP contribution >= 0.6 is 11.8 Å². The Morgan fingerprint density at radius 1 is 1.44 bits per heavy atom. The number of amidine groups is 1. The summed E-state index contributed by atoms with van der Waals surface area (Å²) in [4.78, 5) is 0. The second kappa shape index (κ2) is 7.26. The second-order valence-corrected chi connectivity index (χ2v) is 5.67. The first-order chi connectivity index (χ1) is 8.52. The maximum atomic E-state index is 13.4. The maximum absolute atomic E-state index is 13.4. The van der Waals surface area contributed by atoms with Gasteiger partial charge in [0.15, 0.2) is 5.84 Å². The highest BCUT2D eigenvalue weighted by Crippen LogP contribution is 2.18. The predicted molar refractivity (Wildman–Crippen MR) is 74.5 cm³/mol. The Morgan fingerprint density at radius 3 is 2.78 bits per heavy atom. The fourth-order valence-corrected chi connectivity index (χ4v) is 2.63. The summed E-state index contributed by atoms with van der Waals surface area (Å²) >= 11 is 1.76. The van der Waals surface area contributed by atoms with E-state index in [4.69, 9.17) is 10.9 Å². The molecule has 18 heavy (non-hydrogen) atoms. The van der Waals surface area contributed by atoms with Crippen LogP contribution in [0.25, 0.3) is 0 Å². The van der Waals surface area contributed by atoms with Crippen LogP contribution in [-0.2, 0) is 5.75 Å². The van der Waals surface area contributed by atoms with Crippen molar-refractivity contribution in [2.24, 2.45) is 16.8 Å². The summed E-state index contributed by atoms with van der Waals surface area (Å²) in [5.74, 6) is 2.03. The summed E-state index contributed by atoms with van der Waals surface area (Å²) in [6, 6.07) is 4.49. The lowest BCUT2D eigenvalue weighted by Crippen LogP contribution is -2.13. The third-order valence-corrected chi connectivity index (χ3v) is 3.53. The van der Waals surface area contributed by atoms with Crippen molar-refractivity contribution in [3.8, 4) is 0 Å². The van der Waals surface area contributed by atoms with Crippen molar-refractivity contribution in [2.45, 2.75) is 26.0 Å². The molecule has 1 rings (SSSR count). The van der Waals surface area contributed by atoms with Crippen LogP contribution in [0, 0.1) is 11.7 Å². The summed E-state index contributed by atoms with van der Waals surface area (Å²) in [7, 11) is 0. The molecule has 0 aromatic heterocycles. The third kappa shape index (κ3) is 4.96. The Balaban J connectivity index is 2.63. The van der Waals surface area contributed by atoms with Gasteiger partial charge < -0.3 is 10.9 Å². The minimum atomic E-state index is -0.362. The molecule has 0 unspecified atom stereocenters. The highest BCUT2D eigenvalue weighted by atomic mass is 32.2. The Bertz CT molecular complexity index is 421. The molecule has 0 radical (unpaired) electrons. The van der Waals surface area contributed by atoms with Gasteiger partial charge in [0.25, 0.3) is 0 Å². The normalized spacial score (nSPS) is 12.1. The molecule has 0 aliphatic rings. The molecular formula is C13H19FN2OS. The molecular weight excluding hydrogens is 251 g/mol. The number of thioether (sulfide) groups is 1. The summed E-state index contributed by atoms with van der Waals surface area (Å²) < 4.78 is 13.4. The zero-order valence-corrected chi connectivity index (χ0v) is 11.5. The summed E-state index contributed by atoms with van der Waals surface area (Å²) in [5.41, 5.74) is 6.72. The van der Waals surface area contributed by atoms with Crippen molar-refractivity contribution in [2.75, 3.05) is 5.75 Å². The summed E-state index contributed by atoms with van der Waals surface area (Å²) in [5, 5.41) is 11.5. The minimum Gasteiger partial charge on any atom is -0.409 e. The molecule has 100 valence electrons. The molecule has 0 saturated carbocycles. The lowest BCUT2D eigenvalue weighted by atomic mass is 10.1. The highest BCUT2D eigenvalue weighted by Gasteiger charge is 2.05. The topological polar surface area (TPSA) is 58.6 Å². The van der Waals surface area contributed by atoms with Crippen LogP contribution in [-0.4, -0.2) is 16.8 Å². The average Bonchev–Trinajstić information content (AvgIpc) is 2.32. The molecule has 0 amide bonds. The van der Waals surface area contributed by atoms with Crippen LogP contribution in [0.4, 0.5) is 4.39 Å². The smallest absolute Gasteiger partial charge is 0.170 e. The third-order valence-electron chi connectivity index (χ3n) is 2.47. The minimum absolute atomic E-state index is 0.0667. The number of oxime groups is 1. The Labute approximate surface area is 111 Å². The zero-order valence-electron chi connectivity index (χ0n) is 10.7. The van der Waals surface area contributed by atoms with Gasteiger partial charge in [-0.15, -0.1) is 0 Å². The lowest BCUT2D eigenvalue weighted by molar-refractivity contribution is 0.318.